The predicted molar refractivity (Wildman–Crippen MR) is 89.2 cm³/mol. The minimum Gasteiger partial charge on any atom is -0.493 e. The lowest BCUT2D eigenvalue weighted by Crippen LogP contribution is -2.07. The van der Waals surface area contributed by atoms with Crippen LogP contribution in [0.5, 0.6) is 11.5 Å². The van der Waals surface area contributed by atoms with E-state index in [9.17, 15) is 0 Å². The summed E-state index contributed by atoms with van der Waals surface area (Å²) in [6, 6.07) is 11.6. The predicted octanol–water partition coefficient (Wildman–Crippen LogP) is 4.19. The van der Waals surface area contributed by atoms with Crippen molar-refractivity contribution >= 4 is 27.5 Å². The van der Waals surface area contributed by atoms with Crippen molar-refractivity contribution in [3.8, 4) is 11.5 Å². The number of hydrogen-bond donors (Lipinski definition) is 1. The van der Waals surface area contributed by atoms with Gasteiger partial charge in [0, 0.05) is 26.7 Å². The molecule has 0 unspecified atom stereocenters. The van der Waals surface area contributed by atoms with E-state index in [1.165, 1.54) is 0 Å². The molecule has 0 amide bonds. The van der Waals surface area contributed by atoms with Gasteiger partial charge in [0.05, 0.1) is 7.11 Å². The van der Waals surface area contributed by atoms with Gasteiger partial charge in [0.1, 0.15) is 6.61 Å². The van der Waals surface area contributed by atoms with E-state index in [4.69, 9.17) is 26.8 Å². The number of methoxy groups -OCH3 is 1. The van der Waals surface area contributed by atoms with Crippen LogP contribution in [0.25, 0.3) is 0 Å². The molecule has 0 aliphatic rings. The smallest absolute Gasteiger partial charge is 0.164 e. The van der Waals surface area contributed by atoms with E-state index in [1.54, 1.807) is 13.2 Å². The summed E-state index contributed by atoms with van der Waals surface area (Å²) in [5.41, 5.74) is 7.67. The van der Waals surface area contributed by atoms with Crippen LogP contribution >= 0.6 is 27.5 Å². The van der Waals surface area contributed by atoms with Crippen molar-refractivity contribution < 1.29 is 9.47 Å². The van der Waals surface area contributed by atoms with Crippen molar-refractivity contribution in [2.24, 2.45) is 5.73 Å². The number of rotatable bonds is 6. The molecule has 0 saturated carbocycles. The van der Waals surface area contributed by atoms with Gasteiger partial charge < -0.3 is 15.2 Å². The number of halogens is 2. The molecule has 0 bridgehead atoms. The lowest BCUT2D eigenvalue weighted by molar-refractivity contribution is 0.281. The van der Waals surface area contributed by atoms with E-state index in [2.05, 4.69) is 15.9 Å². The Bertz CT molecular complexity index is 619. The first-order chi connectivity index (χ1) is 10.2. The number of ether oxygens (including phenoxy) is 2. The Balaban J connectivity index is 2.27. The van der Waals surface area contributed by atoms with Crippen LogP contribution < -0.4 is 15.2 Å². The molecule has 2 N–H and O–H groups in total. The molecule has 0 aliphatic carbocycles. The molecule has 2 aromatic rings. The quantitative estimate of drug-likeness (QED) is 0.829. The molecule has 0 aromatic heterocycles. The van der Waals surface area contributed by atoms with Crippen LogP contribution in [0.3, 0.4) is 0 Å². The molecule has 0 atom stereocenters. The second-order valence-corrected chi connectivity index (χ2v) is 5.81. The van der Waals surface area contributed by atoms with Gasteiger partial charge in [-0.1, -0.05) is 45.7 Å². The fourth-order valence-corrected chi connectivity index (χ4v) is 2.67. The molecule has 112 valence electrons. The summed E-state index contributed by atoms with van der Waals surface area (Å²) in [7, 11) is 1.60. The average Bonchev–Trinajstić information content (AvgIpc) is 2.47. The van der Waals surface area contributed by atoms with Gasteiger partial charge in [-0.25, -0.2) is 0 Å². The van der Waals surface area contributed by atoms with Crippen LogP contribution in [0.4, 0.5) is 0 Å². The van der Waals surface area contributed by atoms with E-state index in [0.29, 0.717) is 36.1 Å². The zero-order valence-electron chi connectivity index (χ0n) is 11.7. The maximum atomic E-state index is 6.10. The van der Waals surface area contributed by atoms with Crippen molar-refractivity contribution in [2.45, 2.75) is 13.0 Å². The number of nitrogens with two attached hydrogens (primary N) is 1. The van der Waals surface area contributed by atoms with Crippen LogP contribution in [0.2, 0.25) is 5.02 Å². The highest BCUT2D eigenvalue weighted by Gasteiger charge is 2.13. The van der Waals surface area contributed by atoms with Gasteiger partial charge in [0.15, 0.2) is 11.5 Å². The van der Waals surface area contributed by atoms with E-state index < -0.39 is 0 Å². The first-order valence-electron chi connectivity index (χ1n) is 6.58. The summed E-state index contributed by atoms with van der Waals surface area (Å²) < 4.78 is 12.3. The lowest BCUT2D eigenvalue weighted by Gasteiger charge is -2.16. The zero-order valence-corrected chi connectivity index (χ0v) is 14.1. The maximum Gasteiger partial charge on any atom is 0.164 e. The lowest BCUT2D eigenvalue weighted by atomic mass is 10.1. The molecule has 21 heavy (non-hydrogen) atoms. The van der Waals surface area contributed by atoms with Gasteiger partial charge in [0.25, 0.3) is 0 Å². The Morgan fingerprint density at radius 3 is 2.62 bits per heavy atom. The zero-order chi connectivity index (χ0) is 15.2. The van der Waals surface area contributed by atoms with E-state index in [1.807, 2.05) is 30.3 Å². The van der Waals surface area contributed by atoms with Crippen LogP contribution in [-0.4, -0.2) is 13.7 Å². The van der Waals surface area contributed by atoms with Gasteiger partial charge >= 0.3 is 0 Å². The average molecular weight is 371 g/mol. The fraction of sp³-hybridized carbons (Fsp3) is 0.250. The first kappa shape index (κ1) is 16.1. The number of benzene rings is 2. The highest BCUT2D eigenvalue weighted by molar-refractivity contribution is 9.10. The summed E-state index contributed by atoms with van der Waals surface area (Å²) in [6.45, 7) is 0.964. The second-order valence-electron chi connectivity index (χ2n) is 4.52. The monoisotopic (exact) mass is 369 g/mol. The van der Waals surface area contributed by atoms with E-state index >= 15 is 0 Å². The third-order valence-electron chi connectivity index (χ3n) is 3.06. The van der Waals surface area contributed by atoms with E-state index in [-0.39, 0.29) is 0 Å². The SMILES string of the molecule is COc1cc(Cl)cc(CCN)c1OCc1ccccc1Br. The minimum atomic E-state index is 0.441. The Morgan fingerprint density at radius 2 is 1.95 bits per heavy atom. The molecule has 0 heterocycles. The summed E-state index contributed by atoms with van der Waals surface area (Å²) >= 11 is 9.61. The van der Waals surface area contributed by atoms with Gasteiger partial charge in [-0.2, -0.15) is 0 Å². The molecule has 3 nitrogen and oxygen atoms in total. The van der Waals surface area contributed by atoms with Crippen molar-refractivity contribution in [1.82, 2.24) is 0 Å². The summed E-state index contributed by atoms with van der Waals surface area (Å²) in [6.07, 6.45) is 0.683. The standard InChI is InChI=1S/C16H17BrClNO2/c1-20-15-9-13(18)8-11(6-7-19)16(15)21-10-12-4-2-3-5-14(12)17/h2-5,8-9H,6-7,10,19H2,1H3. The van der Waals surface area contributed by atoms with Crippen molar-refractivity contribution in [2.75, 3.05) is 13.7 Å². The molecule has 0 fully saturated rings. The Labute approximate surface area is 138 Å². The highest BCUT2D eigenvalue weighted by Crippen LogP contribution is 2.35. The highest BCUT2D eigenvalue weighted by atomic mass is 79.9. The van der Waals surface area contributed by atoms with Crippen molar-refractivity contribution in [1.29, 1.82) is 0 Å². The molecular formula is C16H17BrClNO2. The summed E-state index contributed by atoms with van der Waals surface area (Å²) in [4.78, 5) is 0. The van der Waals surface area contributed by atoms with Crippen molar-refractivity contribution in [3.05, 3.63) is 57.0 Å². The molecule has 5 heteroatoms. The van der Waals surface area contributed by atoms with Crippen LogP contribution in [-0.2, 0) is 13.0 Å². The normalized spacial score (nSPS) is 10.5. The Kier molecular flexibility index (Phi) is 5.91. The molecule has 2 aromatic carbocycles. The molecule has 0 saturated heterocycles. The van der Waals surface area contributed by atoms with Gasteiger partial charge in [-0.15, -0.1) is 0 Å². The Hall–Kier alpha value is -1.23. The van der Waals surface area contributed by atoms with Crippen molar-refractivity contribution in [3.63, 3.8) is 0 Å². The van der Waals surface area contributed by atoms with Crippen LogP contribution in [0.15, 0.2) is 40.9 Å². The van der Waals surface area contributed by atoms with E-state index in [0.717, 1.165) is 15.6 Å². The Morgan fingerprint density at radius 1 is 1.19 bits per heavy atom. The summed E-state index contributed by atoms with van der Waals surface area (Å²) in [5, 5.41) is 0.614. The minimum absolute atomic E-state index is 0.441. The molecule has 0 radical (unpaired) electrons. The molecule has 0 aliphatic heterocycles. The topological polar surface area (TPSA) is 44.5 Å². The maximum absolute atomic E-state index is 6.10. The first-order valence-corrected chi connectivity index (χ1v) is 7.75. The third kappa shape index (κ3) is 4.13. The largest absolute Gasteiger partial charge is 0.493 e. The van der Waals surface area contributed by atoms with Gasteiger partial charge in [-0.3, -0.25) is 0 Å². The number of hydrogen-bond acceptors (Lipinski definition) is 3. The molecule has 2 rings (SSSR count). The van der Waals surface area contributed by atoms with Gasteiger partial charge in [-0.05, 0) is 25.1 Å². The molecular weight excluding hydrogens is 354 g/mol. The molecule has 0 spiro atoms. The third-order valence-corrected chi connectivity index (χ3v) is 4.05. The summed E-state index contributed by atoms with van der Waals surface area (Å²) in [5.74, 6) is 1.32. The fourth-order valence-electron chi connectivity index (χ4n) is 2.04. The van der Waals surface area contributed by atoms with Crippen LogP contribution in [0, 0.1) is 0 Å². The second kappa shape index (κ2) is 7.69. The van der Waals surface area contributed by atoms with Gasteiger partial charge in [0.2, 0.25) is 0 Å². The van der Waals surface area contributed by atoms with Crippen LogP contribution in [0.1, 0.15) is 11.1 Å².